The third kappa shape index (κ3) is 2.81. The monoisotopic (exact) mass is 298 g/mol. The minimum absolute atomic E-state index is 0.151. The van der Waals surface area contributed by atoms with Gasteiger partial charge >= 0.3 is 12.1 Å². The molecule has 0 amide bonds. The molecule has 4 nitrogen and oxygen atoms in total. The number of esters is 1. The van der Waals surface area contributed by atoms with E-state index >= 15 is 0 Å². The van der Waals surface area contributed by atoms with Crippen LogP contribution in [0.25, 0.3) is 0 Å². The van der Waals surface area contributed by atoms with Crippen LogP contribution < -0.4 is 5.73 Å². The van der Waals surface area contributed by atoms with Gasteiger partial charge in [-0.25, -0.2) is 18.6 Å². The number of rotatable bonds is 3. The number of anilines is 1. The minimum atomic E-state index is -5.08. The van der Waals surface area contributed by atoms with Crippen molar-refractivity contribution in [3.8, 4) is 0 Å². The van der Waals surface area contributed by atoms with Gasteiger partial charge in [0.05, 0.1) is 18.4 Å². The zero-order valence-corrected chi connectivity index (χ0v) is 10.5. The molecule has 9 heteroatoms. The van der Waals surface area contributed by atoms with Gasteiger partial charge in [-0.15, -0.1) is 0 Å². The molecule has 20 heavy (non-hydrogen) atoms. The molecule has 1 rings (SSSR count). The lowest BCUT2D eigenvalue weighted by Crippen LogP contribution is -2.22. The molecule has 0 aromatic carbocycles. The van der Waals surface area contributed by atoms with Crippen LogP contribution in [0, 0.1) is 0 Å². The van der Waals surface area contributed by atoms with Gasteiger partial charge in [0.15, 0.2) is 5.69 Å². The Kier molecular flexibility index (Phi) is 4.51. The van der Waals surface area contributed by atoms with Crippen LogP contribution in [0.4, 0.5) is 27.6 Å². The molecule has 112 valence electrons. The molecular formula is C11H11F5N2O2. The molecule has 2 N–H and O–H groups in total. The third-order valence-corrected chi connectivity index (χ3v) is 2.59. The molecule has 1 aromatic heterocycles. The molecule has 0 spiro atoms. The van der Waals surface area contributed by atoms with Crippen LogP contribution in [0.5, 0.6) is 0 Å². The molecular weight excluding hydrogens is 287 g/mol. The summed E-state index contributed by atoms with van der Waals surface area (Å²) in [7, 11) is 0.874. The predicted octanol–water partition coefficient (Wildman–Crippen LogP) is 2.97. The van der Waals surface area contributed by atoms with Crippen LogP contribution >= 0.6 is 0 Å². The van der Waals surface area contributed by atoms with E-state index in [-0.39, 0.29) is 12.0 Å². The van der Waals surface area contributed by atoms with Crippen LogP contribution in [0.15, 0.2) is 0 Å². The van der Waals surface area contributed by atoms with Crippen molar-refractivity contribution in [3.63, 3.8) is 0 Å². The van der Waals surface area contributed by atoms with Crippen molar-refractivity contribution in [2.24, 2.45) is 0 Å². The van der Waals surface area contributed by atoms with Crippen molar-refractivity contribution >= 4 is 11.7 Å². The molecule has 0 unspecified atom stereocenters. The summed E-state index contributed by atoms with van der Waals surface area (Å²) < 4.78 is 68.3. The zero-order valence-electron chi connectivity index (χ0n) is 10.5. The maximum Gasteiger partial charge on any atom is 0.434 e. The molecule has 0 saturated carbocycles. The maximum absolute atomic E-state index is 12.9. The number of pyridine rings is 1. The van der Waals surface area contributed by atoms with Crippen molar-refractivity contribution in [2.75, 3.05) is 12.8 Å². The fourth-order valence-corrected chi connectivity index (χ4v) is 1.73. The lowest BCUT2D eigenvalue weighted by Gasteiger charge is -2.18. The average molecular weight is 298 g/mol. The molecule has 1 heterocycles. The van der Waals surface area contributed by atoms with Crippen LogP contribution in [0.2, 0.25) is 0 Å². The van der Waals surface area contributed by atoms with Crippen LogP contribution in [0.1, 0.15) is 40.7 Å². The van der Waals surface area contributed by atoms with Crippen LogP contribution in [-0.4, -0.2) is 18.1 Å². The van der Waals surface area contributed by atoms with Crippen LogP contribution in [0.3, 0.4) is 0 Å². The Labute approximate surface area is 110 Å². The van der Waals surface area contributed by atoms with E-state index in [2.05, 4.69) is 9.72 Å². The number of ether oxygens (including phenoxy) is 1. The molecule has 0 aliphatic rings. The first-order valence-electron chi connectivity index (χ1n) is 5.41. The number of nitrogen functional groups attached to an aromatic ring is 1. The van der Waals surface area contributed by atoms with Crippen molar-refractivity contribution in [2.45, 2.75) is 25.9 Å². The summed E-state index contributed by atoms with van der Waals surface area (Å²) in [6.07, 6.45) is -8.51. The first-order chi connectivity index (χ1) is 9.15. The highest BCUT2D eigenvalue weighted by atomic mass is 19.4. The number of halogens is 5. The molecule has 0 aliphatic heterocycles. The Morgan fingerprint density at radius 1 is 1.40 bits per heavy atom. The number of methoxy groups -OCH3 is 1. The second-order valence-corrected chi connectivity index (χ2v) is 3.76. The Morgan fingerprint density at radius 3 is 2.30 bits per heavy atom. The fourth-order valence-electron chi connectivity index (χ4n) is 1.73. The van der Waals surface area contributed by atoms with E-state index in [4.69, 9.17) is 5.73 Å². The van der Waals surface area contributed by atoms with Crippen molar-refractivity contribution in [1.82, 2.24) is 4.98 Å². The van der Waals surface area contributed by atoms with Gasteiger partial charge in [-0.05, 0) is 12.0 Å². The third-order valence-electron chi connectivity index (χ3n) is 2.59. The van der Waals surface area contributed by atoms with Gasteiger partial charge in [-0.3, -0.25) is 0 Å². The number of nitrogens with zero attached hydrogens (tertiary/aromatic N) is 1. The van der Waals surface area contributed by atoms with Crippen LogP contribution in [-0.2, 0) is 17.3 Å². The van der Waals surface area contributed by atoms with E-state index in [0.717, 1.165) is 7.11 Å². The van der Waals surface area contributed by atoms with E-state index < -0.39 is 41.2 Å². The second-order valence-electron chi connectivity index (χ2n) is 3.76. The summed E-state index contributed by atoms with van der Waals surface area (Å²) in [4.78, 5) is 14.3. The molecule has 0 fully saturated rings. The summed E-state index contributed by atoms with van der Waals surface area (Å²) >= 11 is 0. The van der Waals surface area contributed by atoms with E-state index in [0.29, 0.717) is 0 Å². The summed E-state index contributed by atoms with van der Waals surface area (Å²) in [5, 5.41) is 0. The van der Waals surface area contributed by atoms with Crippen molar-refractivity contribution < 1.29 is 31.5 Å². The van der Waals surface area contributed by atoms with E-state index in [1.54, 1.807) is 0 Å². The first kappa shape index (κ1) is 16.1. The quantitative estimate of drug-likeness (QED) is 0.688. The fraction of sp³-hybridized carbons (Fsp3) is 0.455. The van der Waals surface area contributed by atoms with Gasteiger partial charge in [0.2, 0.25) is 0 Å². The summed E-state index contributed by atoms with van der Waals surface area (Å²) in [5.41, 5.74) is 0.565. The van der Waals surface area contributed by atoms with Crippen molar-refractivity contribution in [1.29, 1.82) is 0 Å². The van der Waals surface area contributed by atoms with Gasteiger partial charge in [0.1, 0.15) is 5.69 Å². The maximum atomic E-state index is 12.9. The zero-order chi connectivity index (χ0) is 15.7. The van der Waals surface area contributed by atoms with Gasteiger partial charge in [0, 0.05) is 0 Å². The minimum Gasteiger partial charge on any atom is -0.465 e. The highest BCUT2D eigenvalue weighted by molar-refractivity contribution is 5.94. The summed E-state index contributed by atoms with van der Waals surface area (Å²) in [6, 6.07) is 0. The Morgan fingerprint density at radius 2 is 1.95 bits per heavy atom. The Balaban J connectivity index is 3.79. The smallest absolute Gasteiger partial charge is 0.434 e. The lowest BCUT2D eigenvalue weighted by molar-refractivity contribution is -0.142. The van der Waals surface area contributed by atoms with E-state index in [1.165, 1.54) is 6.92 Å². The normalized spacial score (nSPS) is 11.8. The standard InChI is InChI=1S/C11H11F5N2O2/c1-3-4-5(10(19)20-2)8(11(14,15)16)18-7(6(4)17)9(12)13/h9H,3,17H2,1-2H3. The number of carbonyl (C=O) groups is 1. The largest absolute Gasteiger partial charge is 0.465 e. The number of hydrogen-bond acceptors (Lipinski definition) is 4. The molecule has 0 aliphatic carbocycles. The Hall–Kier alpha value is -1.93. The molecule has 0 saturated heterocycles. The van der Waals surface area contributed by atoms with Crippen molar-refractivity contribution in [3.05, 3.63) is 22.5 Å². The lowest BCUT2D eigenvalue weighted by atomic mass is 10.00. The predicted molar refractivity (Wildman–Crippen MR) is 59.3 cm³/mol. The average Bonchev–Trinajstić information content (AvgIpc) is 2.35. The van der Waals surface area contributed by atoms with Gasteiger partial charge in [-0.1, -0.05) is 6.92 Å². The highest BCUT2D eigenvalue weighted by Crippen LogP contribution is 2.37. The van der Waals surface area contributed by atoms with Gasteiger partial charge in [0.25, 0.3) is 6.43 Å². The second kappa shape index (κ2) is 5.59. The Bertz CT molecular complexity index is 529. The number of hydrogen-bond donors (Lipinski definition) is 1. The topological polar surface area (TPSA) is 65.2 Å². The number of aromatic nitrogens is 1. The number of nitrogens with two attached hydrogens (primary N) is 1. The molecule has 0 radical (unpaired) electrons. The highest BCUT2D eigenvalue weighted by Gasteiger charge is 2.41. The van der Waals surface area contributed by atoms with E-state index in [9.17, 15) is 26.7 Å². The summed E-state index contributed by atoms with van der Waals surface area (Å²) in [6.45, 7) is 1.38. The van der Waals surface area contributed by atoms with Gasteiger partial charge in [-0.2, -0.15) is 13.2 Å². The first-order valence-corrected chi connectivity index (χ1v) is 5.41. The number of carbonyl (C=O) groups excluding carboxylic acids is 1. The molecule has 1 aromatic rings. The summed E-state index contributed by atoms with van der Waals surface area (Å²) in [5.74, 6) is -1.32. The molecule has 0 atom stereocenters. The molecule has 0 bridgehead atoms. The van der Waals surface area contributed by atoms with Gasteiger partial charge < -0.3 is 10.5 Å². The van der Waals surface area contributed by atoms with E-state index in [1.807, 2.05) is 0 Å². The number of alkyl halides is 5. The SMILES string of the molecule is CCc1c(N)c(C(F)F)nc(C(F)(F)F)c1C(=O)OC.